The van der Waals surface area contributed by atoms with Gasteiger partial charge < -0.3 is 15.0 Å². The molecule has 0 saturated heterocycles. The summed E-state index contributed by atoms with van der Waals surface area (Å²) in [5.41, 5.74) is 7.93. The third kappa shape index (κ3) is 5.50. The van der Waals surface area contributed by atoms with E-state index in [0.29, 0.717) is 23.4 Å². The van der Waals surface area contributed by atoms with Crippen LogP contribution >= 0.6 is 0 Å². The van der Waals surface area contributed by atoms with Gasteiger partial charge in [-0.1, -0.05) is 30.3 Å². The zero-order chi connectivity index (χ0) is 21.8. The van der Waals surface area contributed by atoms with Gasteiger partial charge in [-0.3, -0.25) is 4.98 Å². The van der Waals surface area contributed by atoms with E-state index in [1.807, 2.05) is 12.1 Å². The van der Waals surface area contributed by atoms with E-state index in [4.69, 9.17) is 10.5 Å². The predicted molar refractivity (Wildman–Crippen MR) is 116 cm³/mol. The second kappa shape index (κ2) is 10.2. The largest absolute Gasteiger partial charge is 1.00 e. The van der Waals surface area contributed by atoms with Crippen molar-refractivity contribution in [3.8, 4) is 5.75 Å². The second-order valence-electron chi connectivity index (χ2n) is 6.65. The smallest absolute Gasteiger partial charge is 0.744 e. The number of fused-ring (bicyclic) bond motifs is 1. The van der Waals surface area contributed by atoms with Crippen molar-refractivity contribution >= 4 is 38.0 Å². The third-order valence-electron chi connectivity index (χ3n) is 4.53. The molecule has 32 heavy (non-hydrogen) atoms. The molecule has 0 aliphatic heterocycles. The molecule has 0 radical (unpaired) electrons. The Morgan fingerprint density at radius 3 is 2.34 bits per heavy atom. The van der Waals surface area contributed by atoms with E-state index in [1.165, 1.54) is 6.07 Å². The van der Waals surface area contributed by atoms with Crippen molar-refractivity contribution in [1.29, 1.82) is 0 Å². The quantitative estimate of drug-likeness (QED) is 0.203. The molecule has 4 rings (SSSR count). The van der Waals surface area contributed by atoms with Crippen LogP contribution in [0.25, 0.3) is 10.8 Å². The molecule has 10 heteroatoms. The van der Waals surface area contributed by atoms with Crippen LogP contribution in [0.1, 0.15) is 5.56 Å². The maximum Gasteiger partial charge on any atom is 1.00 e. The van der Waals surface area contributed by atoms with Crippen molar-refractivity contribution in [2.75, 3.05) is 5.73 Å². The number of aromatic nitrogens is 1. The van der Waals surface area contributed by atoms with Crippen molar-refractivity contribution in [3.05, 3.63) is 84.7 Å². The number of rotatable bonds is 6. The minimum Gasteiger partial charge on any atom is -0.744 e. The van der Waals surface area contributed by atoms with Crippen LogP contribution < -0.4 is 40.0 Å². The Hall–Kier alpha value is -2.82. The van der Waals surface area contributed by atoms with Crippen LogP contribution in [0.15, 0.2) is 94.2 Å². The number of hydrogen-bond acceptors (Lipinski definition) is 8. The van der Waals surface area contributed by atoms with Gasteiger partial charge in [-0.15, -0.1) is 5.11 Å². The summed E-state index contributed by atoms with van der Waals surface area (Å²) in [7, 11) is -4.71. The van der Waals surface area contributed by atoms with Crippen LogP contribution in [-0.2, 0) is 16.7 Å². The Morgan fingerprint density at radius 1 is 0.969 bits per heavy atom. The van der Waals surface area contributed by atoms with Crippen LogP contribution in [0.3, 0.4) is 0 Å². The van der Waals surface area contributed by atoms with Crippen molar-refractivity contribution in [3.63, 3.8) is 0 Å². The zero-order valence-corrected chi connectivity index (χ0v) is 20.0. The van der Waals surface area contributed by atoms with Crippen LogP contribution in [0, 0.1) is 0 Å². The minimum absolute atomic E-state index is 0. The molecular weight excluding hydrogens is 439 g/mol. The summed E-state index contributed by atoms with van der Waals surface area (Å²) in [6.07, 6.45) is 3.42. The van der Waals surface area contributed by atoms with Crippen LogP contribution in [0.2, 0.25) is 0 Å². The topological polar surface area (TPSA) is 130 Å². The molecule has 1 heterocycles. The summed E-state index contributed by atoms with van der Waals surface area (Å²) in [6.45, 7) is 0.384. The average molecular weight is 456 g/mol. The molecule has 0 atom stereocenters. The summed E-state index contributed by atoms with van der Waals surface area (Å²) < 4.78 is 40.8. The van der Waals surface area contributed by atoms with Crippen LogP contribution in [0.5, 0.6) is 5.75 Å². The zero-order valence-electron chi connectivity index (χ0n) is 17.2. The Labute approximate surface area is 207 Å². The summed E-state index contributed by atoms with van der Waals surface area (Å²) in [6, 6.07) is 18.3. The fourth-order valence-electron chi connectivity index (χ4n) is 3.01. The molecule has 0 fully saturated rings. The van der Waals surface area contributed by atoms with E-state index < -0.39 is 10.1 Å². The molecule has 0 unspecified atom stereocenters. The number of nitrogens with zero attached hydrogens (tertiary/aromatic N) is 3. The van der Waals surface area contributed by atoms with E-state index >= 15 is 0 Å². The molecule has 0 saturated carbocycles. The van der Waals surface area contributed by atoms with E-state index in [9.17, 15) is 13.0 Å². The molecule has 8 nitrogen and oxygen atoms in total. The maximum absolute atomic E-state index is 11.7. The summed E-state index contributed by atoms with van der Waals surface area (Å²) in [5.74, 6) is 0.646. The molecule has 0 bridgehead atoms. The van der Waals surface area contributed by atoms with E-state index in [0.717, 1.165) is 11.6 Å². The van der Waals surface area contributed by atoms with Crippen molar-refractivity contribution in [2.45, 2.75) is 11.5 Å². The molecule has 0 aliphatic rings. The van der Waals surface area contributed by atoms with Crippen LogP contribution in [-0.4, -0.2) is 18.0 Å². The van der Waals surface area contributed by atoms with Gasteiger partial charge in [0.25, 0.3) is 0 Å². The molecule has 2 N–H and O–H groups in total. The van der Waals surface area contributed by atoms with E-state index in [2.05, 4.69) is 15.2 Å². The second-order valence-corrected chi connectivity index (χ2v) is 8.00. The van der Waals surface area contributed by atoms with Crippen molar-refractivity contribution in [2.24, 2.45) is 10.2 Å². The fourth-order valence-corrected chi connectivity index (χ4v) is 3.71. The number of nitrogens with two attached hydrogens (primary N) is 1. The summed E-state index contributed by atoms with van der Waals surface area (Å²) in [5, 5.41) is 8.86. The van der Waals surface area contributed by atoms with Gasteiger partial charge in [0, 0.05) is 28.7 Å². The molecular formula is C22H17N4NaO4S. The third-order valence-corrected chi connectivity index (χ3v) is 5.41. The van der Waals surface area contributed by atoms with Gasteiger partial charge in [0.2, 0.25) is 0 Å². The SMILES string of the molecule is Nc1c(N=Nc2ccc(OCc3cccnc3)cc2)cc(S(=O)(=O)[O-])c2ccccc12.[Na+]. The minimum atomic E-state index is -4.71. The van der Waals surface area contributed by atoms with E-state index in [-0.39, 0.29) is 51.2 Å². The van der Waals surface area contributed by atoms with Gasteiger partial charge in [0.05, 0.1) is 16.3 Å². The number of nitrogen functional groups attached to an aromatic ring is 1. The first-order valence-corrected chi connectivity index (χ1v) is 10.6. The molecule has 156 valence electrons. The maximum atomic E-state index is 11.7. The van der Waals surface area contributed by atoms with Gasteiger partial charge in [-0.25, -0.2) is 8.42 Å². The van der Waals surface area contributed by atoms with E-state index in [1.54, 1.807) is 54.9 Å². The Morgan fingerprint density at radius 2 is 1.69 bits per heavy atom. The number of pyridine rings is 1. The average Bonchev–Trinajstić information content (AvgIpc) is 2.78. The predicted octanol–water partition coefficient (Wildman–Crippen LogP) is 1.72. The Balaban J connectivity index is 0.00000289. The summed E-state index contributed by atoms with van der Waals surface area (Å²) >= 11 is 0. The van der Waals surface area contributed by atoms with Gasteiger partial charge >= 0.3 is 29.6 Å². The number of benzene rings is 3. The molecule has 3 aromatic carbocycles. The molecule has 0 amide bonds. The van der Waals surface area contributed by atoms with Gasteiger partial charge in [-0.2, -0.15) is 5.11 Å². The monoisotopic (exact) mass is 456 g/mol. The first kappa shape index (κ1) is 23.8. The normalized spacial score (nSPS) is 11.4. The number of anilines is 1. The molecule has 4 aromatic rings. The standard InChI is InChI=1S/C22H18N4O4S.Na/c23-22-19-6-2-1-5-18(19)21(31(27,28)29)12-20(22)26-25-16-7-9-17(10-8-16)30-14-15-4-3-11-24-13-15;/h1-13H,14,23H2,(H,27,28,29);/q;+1/p-1. The Kier molecular flexibility index (Phi) is 7.60. The number of azo groups is 1. The van der Waals surface area contributed by atoms with Crippen LogP contribution in [0.4, 0.5) is 17.1 Å². The van der Waals surface area contributed by atoms with Crippen molar-refractivity contribution in [1.82, 2.24) is 4.98 Å². The first-order chi connectivity index (χ1) is 14.9. The molecule has 0 spiro atoms. The fraction of sp³-hybridized carbons (Fsp3) is 0.0455. The van der Waals surface area contributed by atoms with Crippen molar-refractivity contribution < 1.29 is 47.3 Å². The first-order valence-electron chi connectivity index (χ1n) is 9.22. The molecule has 1 aromatic heterocycles. The van der Waals surface area contributed by atoms with Gasteiger partial charge in [0.15, 0.2) is 0 Å². The Bertz CT molecular complexity index is 1360. The number of hydrogen-bond donors (Lipinski definition) is 1. The number of ether oxygens (including phenoxy) is 1. The van der Waals surface area contributed by atoms with Gasteiger partial charge in [0.1, 0.15) is 28.2 Å². The molecule has 0 aliphatic carbocycles. The van der Waals surface area contributed by atoms with Gasteiger partial charge in [-0.05, 0) is 36.4 Å². The summed E-state index contributed by atoms with van der Waals surface area (Å²) in [4.78, 5) is 3.65.